The van der Waals surface area contributed by atoms with Gasteiger partial charge in [0, 0.05) is 32.7 Å². The molecular formula is C12H25N3O3S. The zero-order valence-electron chi connectivity index (χ0n) is 11.6. The van der Waals surface area contributed by atoms with E-state index in [0.717, 1.165) is 32.2 Å². The zero-order valence-corrected chi connectivity index (χ0v) is 12.4. The smallest absolute Gasteiger partial charge is 0.279 e. The van der Waals surface area contributed by atoms with Crippen molar-refractivity contribution in [2.24, 2.45) is 0 Å². The molecule has 0 aromatic carbocycles. The number of rotatable bonds is 5. The van der Waals surface area contributed by atoms with Gasteiger partial charge in [-0.15, -0.1) is 0 Å². The van der Waals surface area contributed by atoms with Crippen molar-refractivity contribution >= 4 is 10.2 Å². The van der Waals surface area contributed by atoms with Gasteiger partial charge in [-0.2, -0.15) is 17.4 Å². The van der Waals surface area contributed by atoms with E-state index in [0.29, 0.717) is 19.7 Å². The molecule has 0 aromatic rings. The first-order chi connectivity index (χ1) is 9.09. The number of nitrogens with one attached hydrogen (secondary N) is 2. The van der Waals surface area contributed by atoms with E-state index >= 15 is 0 Å². The molecule has 1 aliphatic carbocycles. The third-order valence-corrected chi connectivity index (χ3v) is 5.55. The van der Waals surface area contributed by atoms with Gasteiger partial charge in [-0.1, -0.05) is 19.3 Å². The lowest BCUT2D eigenvalue weighted by molar-refractivity contribution is 0.0321. The van der Waals surface area contributed by atoms with E-state index in [2.05, 4.69) is 10.0 Å². The second kappa shape index (κ2) is 6.99. The van der Waals surface area contributed by atoms with Gasteiger partial charge in [0.15, 0.2) is 0 Å². The van der Waals surface area contributed by atoms with Gasteiger partial charge in [0.25, 0.3) is 10.2 Å². The van der Waals surface area contributed by atoms with Crippen molar-refractivity contribution in [3.05, 3.63) is 0 Å². The molecule has 2 fully saturated rings. The fourth-order valence-corrected chi connectivity index (χ4v) is 3.90. The van der Waals surface area contributed by atoms with Gasteiger partial charge < -0.3 is 10.1 Å². The molecule has 0 radical (unpaired) electrons. The van der Waals surface area contributed by atoms with E-state index in [1.165, 1.54) is 10.7 Å². The zero-order chi connectivity index (χ0) is 13.7. The molecule has 0 spiro atoms. The normalized spacial score (nSPS) is 26.7. The second-order valence-electron chi connectivity index (χ2n) is 5.36. The summed E-state index contributed by atoms with van der Waals surface area (Å²) in [5.74, 6) is 0. The Labute approximate surface area is 116 Å². The van der Waals surface area contributed by atoms with Crippen molar-refractivity contribution in [2.75, 3.05) is 33.3 Å². The average molecular weight is 291 g/mol. The number of nitrogens with zero attached hydrogens (tertiary/aromatic N) is 1. The monoisotopic (exact) mass is 291 g/mol. The van der Waals surface area contributed by atoms with Gasteiger partial charge in [-0.3, -0.25) is 0 Å². The van der Waals surface area contributed by atoms with Crippen LogP contribution in [0.4, 0.5) is 0 Å². The summed E-state index contributed by atoms with van der Waals surface area (Å²) in [6.45, 7) is 2.53. The topological polar surface area (TPSA) is 70.7 Å². The van der Waals surface area contributed by atoms with Crippen LogP contribution in [0, 0.1) is 0 Å². The Morgan fingerprint density at radius 1 is 1.32 bits per heavy atom. The highest BCUT2D eigenvalue weighted by Gasteiger charge is 2.28. The maximum Gasteiger partial charge on any atom is 0.279 e. The number of hydrogen-bond acceptors (Lipinski definition) is 4. The van der Waals surface area contributed by atoms with Crippen LogP contribution in [0.5, 0.6) is 0 Å². The minimum atomic E-state index is -3.38. The summed E-state index contributed by atoms with van der Waals surface area (Å²) in [6.07, 6.45) is 5.35. The van der Waals surface area contributed by atoms with Crippen LogP contribution in [0.3, 0.4) is 0 Å². The lowest BCUT2D eigenvalue weighted by Crippen LogP contribution is -2.50. The van der Waals surface area contributed by atoms with E-state index in [4.69, 9.17) is 4.74 Å². The van der Waals surface area contributed by atoms with Crippen LogP contribution in [0.2, 0.25) is 0 Å². The Kier molecular flexibility index (Phi) is 5.58. The van der Waals surface area contributed by atoms with Crippen molar-refractivity contribution in [1.82, 2.24) is 14.3 Å². The van der Waals surface area contributed by atoms with Gasteiger partial charge in [0.2, 0.25) is 0 Å². The molecule has 6 nitrogen and oxygen atoms in total. The van der Waals surface area contributed by atoms with Crippen molar-refractivity contribution in [2.45, 2.75) is 44.2 Å². The van der Waals surface area contributed by atoms with Gasteiger partial charge in [-0.05, 0) is 12.8 Å². The summed E-state index contributed by atoms with van der Waals surface area (Å²) in [5.41, 5.74) is 0. The molecule has 1 heterocycles. The van der Waals surface area contributed by atoms with Gasteiger partial charge in [0.05, 0.1) is 12.7 Å². The van der Waals surface area contributed by atoms with E-state index in [1.54, 1.807) is 7.05 Å². The fraction of sp³-hybridized carbons (Fsp3) is 1.00. The summed E-state index contributed by atoms with van der Waals surface area (Å²) >= 11 is 0. The Balaban J connectivity index is 1.82. The molecule has 2 rings (SSSR count). The van der Waals surface area contributed by atoms with E-state index in [9.17, 15) is 8.42 Å². The van der Waals surface area contributed by atoms with Crippen LogP contribution in [0.25, 0.3) is 0 Å². The molecule has 1 atom stereocenters. The third kappa shape index (κ3) is 4.39. The quantitative estimate of drug-likeness (QED) is 0.752. The van der Waals surface area contributed by atoms with E-state index in [-0.39, 0.29) is 12.1 Å². The molecule has 1 saturated carbocycles. The van der Waals surface area contributed by atoms with Gasteiger partial charge in [0.1, 0.15) is 0 Å². The molecule has 1 aliphatic heterocycles. The Morgan fingerprint density at radius 3 is 2.68 bits per heavy atom. The van der Waals surface area contributed by atoms with Crippen molar-refractivity contribution < 1.29 is 13.2 Å². The van der Waals surface area contributed by atoms with E-state index in [1.807, 2.05) is 0 Å². The van der Waals surface area contributed by atoms with E-state index < -0.39 is 10.2 Å². The maximum atomic E-state index is 12.2. The SMILES string of the molecule is CN(C1CCCCC1)S(=O)(=O)NCC1CNCCO1. The first-order valence-electron chi connectivity index (χ1n) is 7.14. The first kappa shape index (κ1) is 15.2. The molecule has 0 amide bonds. The van der Waals surface area contributed by atoms with Crippen molar-refractivity contribution in [3.8, 4) is 0 Å². The highest BCUT2D eigenvalue weighted by Crippen LogP contribution is 2.22. The number of ether oxygens (including phenoxy) is 1. The third-order valence-electron chi connectivity index (χ3n) is 3.97. The standard InChI is InChI=1S/C12H25N3O3S/c1-15(11-5-3-2-4-6-11)19(16,17)14-10-12-9-13-7-8-18-12/h11-14H,2-10H2,1H3. The van der Waals surface area contributed by atoms with Gasteiger partial charge >= 0.3 is 0 Å². The largest absolute Gasteiger partial charge is 0.374 e. The first-order valence-corrected chi connectivity index (χ1v) is 8.58. The summed E-state index contributed by atoms with van der Waals surface area (Å²) in [5, 5.41) is 3.19. The van der Waals surface area contributed by atoms with Crippen LogP contribution < -0.4 is 10.0 Å². The molecule has 0 bridgehead atoms. The molecule has 0 aromatic heterocycles. The van der Waals surface area contributed by atoms with Crippen LogP contribution >= 0.6 is 0 Å². The van der Waals surface area contributed by atoms with Crippen LogP contribution in [0.1, 0.15) is 32.1 Å². The lowest BCUT2D eigenvalue weighted by Gasteiger charge is -2.31. The minimum absolute atomic E-state index is 0.0664. The second-order valence-corrected chi connectivity index (χ2v) is 7.17. The number of morpholine rings is 1. The average Bonchev–Trinajstić information content (AvgIpc) is 2.46. The highest BCUT2D eigenvalue weighted by molar-refractivity contribution is 7.87. The predicted molar refractivity (Wildman–Crippen MR) is 74.2 cm³/mol. The minimum Gasteiger partial charge on any atom is -0.374 e. The Hall–Kier alpha value is -0.210. The molecule has 1 saturated heterocycles. The molecule has 112 valence electrons. The predicted octanol–water partition coefficient (Wildman–Crippen LogP) is 0.0737. The Morgan fingerprint density at radius 2 is 2.05 bits per heavy atom. The molecule has 2 aliphatic rings. The van der Waals surface area contributed by atoms with Crippen LogP contribution in [-0.2, 0) is 14.9 Å². The lowest BCUT2D eigenvalue weighted by atomic mass is 9.96. The Bertz CT molecular complexity index is 362. The molecule has 7 heteroatoms. The van der Waals surface area contributed by atoms with Crippen molar-refractivity contribution in [1.29, 1.82) is 0 Å². The fourth-order valence-electron chi connectivity index (χ4n) is 2.69. The maximum absolute atomic E-state index is 12.2. The number of hydrogen-bond donors (Lipinski definition) is 2. The summed E-state index contributed by atoms with van der Waals surface area (Å²) in [4.78, 5) is 0. The summed E-state index contributed by atoms with van der Waals surface area (Å²) in [6, 6.07) is 0.150. The van der Waals surface area contributed by atoms with Crippen LogP contribution in [0.15, 0.2) is 0 Å². The molecule has 2 N–H and O–H groups in total. The molecular weight excluding hydrogens is 266 g/mol. The van der Waals surface area contributed by atoms with Crippen molar-refractivity contribution in [3.63, 3.8) is 0 Å². The molecule has 19 heavy (non-hydrogen) atoms. The van der Waals surface area contributed by atoms with Crippen LogP contribution in [-0.4, -0.2) is 58.2 Å². The highest BCUT2D eigenvalue weighted by atomic mass is 32.2. The summed E-state index contributed by atoms with van der Waals surface area (Å²) in [7, 11) is -1.70. The van der Waals surface area contributed by atoms with Gasteiger partial charge in [-0.25, -0.2) is 0 Å². The molecule has 1 unspecified atom stereocenters. The summed E-state index contributed by atoms with van der Waals surface area (Å²) < 4.78 is 34.1.